The van der Waals surface area contributed by atoms with Gasteiger partial charge in [0.2, 0.25) is 0 Å². The van der Waals surface area contributed by atoms with Crippen LogP contribution >= 0.6 is 11.8 Å². The Morgan fingerprint density at radius 3 is 2.89 bits per heavy atom. The van der Waals surface area contributed by atoms with Gasteiger partial charge in [-0.3, -0.25) is 10.1 Å². The van der Waals surface area contributed by atoms with Gasteiger partial charge in [0.1, 0.15) is 0 Å². The van der Waals surface area contributed by atoms with Crippen molar-refractivity contribution in [3.05, 3.63) is 21.1 Å². The molecule has 0 aromatic heterocycles. The first-order chi connectivity index (χ1) is 4.20. The third-order valence-electron chi connectivity index (χ3n) is 1.16. The van der Waals surface area contributed by atoms with E-state index in [9.17, 15) is 10.1 Å². The quantitative estimate of drug-likeness (QED) is 0.416. The maximum absolute atomic E-state index is 10.1. The summed E-state index contributed by atoms with van der Waals surface area (Å²) in [6.07, 6.45) is 0.609. The largest absolute Gasteiger partial charge is 0.265 e. The summed E-state index contributed by atoms with van der Waals surface area (Å²) in [7, 11) is 0. The molecule has 1 aliphatic rings. The van der Waals surface area contributed by atoms with E-state index >= 15 is 0 Å². The molecule has 3 nitrogen and oxygen atoms in total. The van der Waals surface area contributed by atoms with Gasteiger partial charge in [0.05, 0.1) is 0 Å². The standard InChI is InChI=1S/C5H7NO2S/c1-4-2-5(6(7)8)9-3-4/h3,5H,2H2,1H3. The molecule has 1 rings (SSSR count). The molecule has 9 heavy (non-hydrogen) atoms. The van der Waals surface area contributed by atoms with Crippen LogP contribution in [-0.2, 0) is 0 Å². The zero-order chi connectivity index (χ0) is 6.85. The summed E-state index contributed by atoms with van der Waals surface area (Å²) in [6, 6.07) is 0. The van der Waals surface area contributed by atoms with Crippen molar-refractivity contribution in [1.29, 1.82) is 0 Å². The Kier molecular flexibility index (Phi) is 1.75. The van der Waals surface area contributed by atoms with Crippen molar-refractivity contribution in [3.8, 4) is 0 Å². The molecular formula is C5H7NO2S. The van der Waals surface area contributed by atoms with Crippen LogP contribution in [0.2, 0.25) is 0 Å². The second-order valence-corrected chi connectivity index (χ2v) is 3.10. The SMILES string of the molecule is CC1=CSC([N+](=O)[O-])C1. The molecule has 1 unspecified atom stereocenters. The molecule has 0 fully saturated rings. The van der Waals surface area contributed by atoms with E-state index in [0.717, 1.165) is 5.57 Å². The molecule has 0 radical (unpaired) electrons. The van der Waals surface area contributed by atoms with Crippen LogP contribution in [0.3, 0.4) is 0 Å². The minimum atomic E-state index is -0.412. The van der Waals surface area contributed by atoms with Gasteiger partial charge in [-0.2, -0.15) is 0 Å². The Hall–Kier alpha value is -0.510. The Morgan fingerprint density at radius 2 is 2.67 bits per heavy atom. The molecule has 0 aliphatic carbocycles. The van der Waals surface area contributed by atoms with Gasteiger partial charge in [-0.15, -0.1) is 0 Å². The van der Waals surface area contributed by atoms with Gasteiger partial charge >= 0.3 is 0 Å². The van der Waals surface area contributed by atoms with Crippen LogP contribution in [0.25, 0.3) is 0 Å². The van der Waals surface area contributed by atoms with Gasteiger partial charge in [-0.25, -0.2) is 0 Å². The zero-order valence-electron chi connectivity index (χ0n) is 5.03. The fraction of sp³-hybridized carbons (Fsp3) is 0.600. The van der Waals surface area contributed by atoms with E-state index in [-0.39, 0.29) is 4.92 Å². The number of hydrogen-bond donors (Lipinski definition) is 0. The van der Waals surface area contributed by atoms with Crippen molar-refractivity contribution in [2.75, 3.05) is 0 Å². The monoisotopic (exact) mass is 145 g/mol. The van der Waals surface area contributed by atoms with Crippen LogP contribution in [0.15, 0.2) is 11.0 Å². The summed E-state index contributed by atoms with van der Waals surface area (Å²) in [4.78, 5) is 9.86. The fourth-order valence-electron chi connectivity index (χ4n) is 0.691. The predicted molar refractivity (Wildman–Crippen MR) is 36.7 cm³/mol. The van der Waals surface area contributed by atoms with Crippen molar-refractivity contribution in [2.24, 2.45) is 0 Å². The van der Waals surface area contributed by atoms with E-state index in [2.05, 4.69) is 0 Å². The number of nitro groups is 1. The molecule has 0 bridgehead atoms. The summed E-state index contributed by atoms with van der Waals surface area (Å²) in [5.74, 6) is 0. The number of hydrogen-bond acceptors (Lipinski definition) is 3. The lowest BCUT2D eigenvalue weighted by Gasteiger charge is -1.96. The maximum atomic E-state index is 10.1. The van der Waals surface area contributed by atoms with E-state index in [0.29, 0.717) is 6.42 Å². The summed E-state index contributed by atoms with van der Waals surface area (Å²) in [5, 5.41) is 11.5. The first-order valence-corrected chi connectivity index (χ1v) is 3.59. The molecule has 1 aliphatic heterocycles. The third kappa shape index (κ3) is 1.45. The maximum Gasteiger partial charge on any atom is 0.265 e. The molecule has 0 aromatic rings. The first kappa shape index (κ1) is 6.61. The van der Waals surface area contributed by atoms with Gasteiger partial charge in [0.15, 0.2) is 0 Å². The zero-order valence-corrected chi connectivity index (χ0v) is 5.85. The topological polar surface area (TPSA) is 43.1 Å². The summed E-state index contributed by atoms with van der Waals surface area (Å²) >= 11 is 1.30. The molecule has 4 heteroatoms. The van der Waals surface area contributed by atoms with Crippen molar-refractivity contribution >= 4 is 11.8 Å². The highest BCUT2D eigenvalue weighted by atomic mass is 32.2. The van der Waals surface area contributed by atoms with Gasteiger partial charge in [0, 0.05) is 11.3 Å². The van der Waals surface area contributed by atoms with Crippen LogP contribution in [0.5, 0.6) is 0 Å². The smallest absolute Gasteiger partial charge is 0.263 e. The van der Waals surface area contributed by atoms with Gasteiger partial charge < -0.3 is 0 Å². The highest BCUT2D eigenvalue weighted by molar-refractivity contribution is 8.02. The normalized spacial score (nSPS) is 25.9. The Morgan fingerprint density at radius 1 is 2.00 bits per heavy atom. The van der Waals surface area contributed by atoms with Gasteiger partial charge in [-0.05, 0) is 12.3 Å². The van der Waals surface area contributed by atoms with Crippen LogP contribution in [0, 0.1) is 10.1 Å². The summed E-state index contributed by atoms with van der Waals surface area (Å²) in [5.41, 5.74) is 1.11. The highest BCUT2D eigenvalue weighted by Gasteiger charge is 2.24. The first-order valence-electron chi connectivity index (χ1n) is 2.65. The van der Waals surface area contributed by atoms with E-state index < -0.39 is 5.37 Å². The summed E-state index contributed by atoms with van der Waals surface area (Å²) in [6.45, 7) is 1.91. The molecule has 1 atom stereocenters. The average Bonchev–Trinajstić information content (AvgIpc) is 2.14. The molecule has 0 aromatic carbocycles. The molecule has 50 valence electrons. The molecule has 0 saturated carbocycles. The van der Waals surface area contributed by atoms with E-state index in [1.807, 2.05) is 12.3 Å². The van der Waals surface area contributed by atoms with E-state index in [1.165, 1.54) is 11.8 Å². The third-order valence-corrected chi connectivity index (χ3v) is 2.35. The highest BCUT2D eigenvalue weighted by Crippen LogP contribution is 2.29. The van der Waals surface area contributed by atoms with Crippen LogP contribution in [0.1, 0.15) is 13.3 Å². The molecular weight excluding hydrogens is 138 g/mol. The Balaban J connectivity index is 2.47. The minimum absolute atomic E-state index is 0.238. The molecule has 0 N–H and O–H groups in total. The van der Waals surface area contributed by atoms with Gasteiger partial charge in [-0.1, -0.05) is 17.3 Å². The van der Waals surface area contributed by atoms with E-state index in [1.54, 1.807) is 0 Å². The Labute approximate surface area is 57.3 Å². The lowest BCUT2D eigenvalue weighted by Crippen LogP contribution is -2.11. The van der Waals surface area contributed by atoms with Crippen LogP contribution in [0.4, 0.5) is 0 Å². The molecule has 0 amide bonds. The molecule has 1 heterocycles. The van der Waals surface area contributed by atoms with Crippen LogP contribution in [-0.4, -0.2) is 10.3 Å². The Bertz CT molecular complexity index is 166. The van der Waals surface area contributed by atoms with Crippen molar-refractivity contribution in [2.45, 2.75) is 18.7 Å². The van der Waals surface area contributed by atoms with Crippen molar-refractivity contribution in [3.63, 3.8) is 0 Å². The van der Waals surface area contributed by atoms with Crippen LogP contribution < -0.4 is 0 Å². The summed E-state index contributed by atoms with van der Waals surface area (Å²) < 4.78 is 0. The second kappa shape index (κ2) is 2.39. The average molecular weight is 145 g/mol. The number of thioether (sulfide) groups is 1. The van der Waals surface area contributed by atoms with E-state index in [4.69, 9.17) is 0 Å². The van der Waals surface area contributed by atoms with Crippen molar-refractivity contribution < 1.29 is 4.92 Å². The predicted octanol–water partition coefficient (Wildman–Crippen LogP) is 1.63. The molecule has 0 saturated heterocycles. The van der Waals surface area contributed by atoms with Gasteiger partial charge in [0.25, 0.3) is 5.37 Å². The van der Waals surface area contributed by atoms with Crippen molar-refractivity contribution in [1.82, 2.24) is 0 Å². The second-order valence-electron chi connectivity index (χ2n) is 2.04. The number of rotatable bonds is 1. The molecule has 0 spiro atoms. The lowest BCUT2D eigenvalue weighted by molar-refractivity contribution is -0.493. The number of nitrogens with zero attached hydrogens (tertiary/aromatic N) is 1. The minimum Gasteiger partial charge on any atom is -0.263 e. The fourth-order valence-corrected chi connectivity index (χ4v) is 1.63. The lowest BCUT2D eigenvalue weighted by atomic mass is 10.2.